The number of aromatic nitrogens is 1. The van der Waals surface area contributed by atoms with Crippen molar-refractivity contribution in [2.45, 2.75) is 20.4 Å². The van der Waals surface area contributed by atoms with Gasteiger partial charge in [-0.25, -0.2) is 0 Å². The van der Waals surface area contributed by atoms with Crippen LogP contribution in [0, 0.1) is 6.92 Å². The van der Waals surface area contributed by atoms with E-state index in [1.54, 1.807) is 48.5 Å². The molecule has 0 aliphatic rings. The molecule has 160 valence electrons. The normalized spacial score (nSPS) is 10.4. The molecular formula is C23H22ClN3O4. The van der Waals surface area contributed by atoms with Crippen molar-refractivity contribution in [2.24, 2.45) is 0 Å². The molecular weight excluding hydrogens is 418 g/mol. The third kappa shape index (κ3) is 5.73. The van der Waals surface area contributed by atoms with Gasteiger partial charge in [0.15, 0.2) is 0 Å². The molecule has 0 unspecified atom stereocenters. The number of ether oxygens (including phenoxy) is 1. The number of anilines is 2. The summed E-state index contributed by atoms with van der Waals surface area (Å²) in [6, 6.07) is 16.7. The first-order chi connectivity index (χ1) is 14.8. The highest BCUT2D eigenvalue weighted by atomic mass is 35.5. The van der Waals surface area contributed by atoms with Crippen LogP contribution in [0.2, 0.25) is 5.02 Å². The molecule has 0 radical (unpaired) electrons. The maximum atomic E-state index is 12.9. The monoisotopic (exact) mass is 439 g/mol. The summed E-state index contributed by atoms with van der Waals surface area (Å²) in [5.74, 6) is -0.153. The quantitative estimate of drug-likeness (QED) is 0.580. The average Bonchev–Trinajstić information content (AvgIpc) is 2.72. The molecule has 2 aromatic carbocycles. The predicted octanol–water partition coefficient (Wildman–Crippen LogP) is 4.10. The minimum absolute atomic E-state index is 0.158. The molecule has 2 amide bonds. The lowest BCUT2D eigenvalue weighted by molar-refractivity contribution is -0.114. The molecule has 3 rings (SSSR count). The van der Waals surface area contributed by atoms with Gasteiger partial charge in [-0.2, -0.15) is 0 Å². The molecule has 7 nitrogen and oxygen atoms in total. The zero-order valence-corrected chi connectivity index (χ0v) is 17.9. The Morgan fingerprint density at radius 1 is 1.03 bits per heavy atom. The Bertz CT molecular complexity index is 1170. The van der Waals surface area contributed by atoms with Crippen molar-refractivity contribution in [1.29, 1.82) is 0 Å². The third-order valence-corrected chi connectivity index (χ3v) is 4.81. The van der Waals surface area contributed by atoms with Crippen LogP contribution in [0.1, 0.15) is 23.0 Å². The number of pyridine rings is 1. The van der Waals surface area contributed by atoms with Gasteiger partial charge in [0.2, 0.25) is 5.91 Å². The fraction of sp³-hybridized carbons (Fsp3) is 0.174. The predicted molar refractivity (Wildman–Crippen MR) is 121 cm³/mol. The molecule has 0 fully saturated rings. The fourth-order valence-electron chi connectivity index (χ4n) is 2.98. The van der Waals surface area contributed by atoms with E-state index in [2.05, 4.69) is 10.6 Å². The number of carbonyl (C=O) groups excluding carboxylic acids is 2. The Labute approximate surface area is 184 Å². The van der Waals surface area contributed by atoms with Gasteiger partial charge in [0, 0.05) is 24.4 Å². The highest BCUT2D eigenvalue weighted by molar-refractivity contribution is 6.32. The number of nitrogens with one attached hydrogen (secondary N) is 2. The van der Waals surface area contributed by atoms with E-state index >= 15 is 0 Å². The Balaban J connectivity index is 1.78. The second-order valence-corrected chi connectivity index (χ2v) is 7.25. The number of carbonyl (C=O) groups is 2. The molecule has 0 spiro atoms. The first-order valence-corrected chi connectivity index (χ1v) is 9.99. The minimum Gasteiger partial charge on any atom is -0.490 e. The molecule has 1 heterocycles. The SMILES string of the molecule is CC(=O)Nc1ccc(C)c(NC(=O)c2cccc(=O)n2CCOc2ccccc2Cl)c1. The lowest BCUT2D eigenvalue weighted by atomic mass is 10.1. The van der Waals surface area contributed by atoms with Gasteiger partial charge in [-0.05, 0) is 42.8 Å². The van der Waals surface area contributed by atoms with E-state index in [4.69, 9.17) is 16.3 Å². The fourth-order valence-corrected chi connectivity index (χ4v) is 3.17. The molecule has 1 aromatic heterocycles. The van der Waals surface area contributed by atoms with Gasteiger partial charge in [-0.1, -0.05) is 35.9 Å². The van der Waals surface area contributed by atoms with Crippen LogP contribution in [0.15, 0.2) is 65.5 Å². The topological polar surface area (TPSA) is 89.4 Å². The summed E-state index contributed by atoms with van der Waals surface area (Å²) in [5, 5.41) is 5.96. The first kappa shape index (κ1) is 22.1. The summed E-state index contributed by atoms with van der Waals surface area (Å²) >= 11 is 6.08. The first-order valence-electron chi connectivity index (χ1n) is 9.62. The number of halogens is 1. The lowest BCUT2D eigenvalue weighted by Gasteiger charge is -2.15. The number of nitrogens with zero attached hydrogens (tertiary/aromatic N) is 1. The molecule has 0 bridgehead atoms. The average molecular weight is 440 g/mol. The lowest BCUT2D eigenvalue weighted by Crippen LogP contribution is -2.30. The van der Waals surface area contributed by atoms with Crippen molar-refractivity contribution in [3.8, 4) is 5.75 Å². The number of hydrogen-bond donors (Lipinski definition) is 2. The van der Waals surface area contributed by atoms with E-state index in [0.717, 1.165) is 5.56 Å². The summed E-state index contributed by atoms with van der Waals surface area (Å²) < 4.78 is 7.00. The van der Waals surface area contributed by atoms with Crippen molar-refractivity contribution >= 4 is 34.8 Å². The number of aryl methyl sites for hydroxylation is 1. The molecule has 0 atom stereocenters. The number of benzene rings is 2. The molecule has 0 aliphatic heterocycles. The van der Waals surface area contributed by atoms with Crippen LogP contribution in [0.4, 0.5) is 11.4 Å². The van der Waals surface area contributed by atoms with Crippen molar-refractivity contribution in [3.63, 3.8) is 0 Å². The van der Waals surface area contributed by atoms with Gasteiger partial charge < -0.3 is 19.9 Å². The molecule has 0 saturated heterocycles. The number of amides is 2. The molecule has 31 heavy (non-hydrogen) atoms. The van der Waals surface area contributed by atoms with Gasteiger partial charge in [0.25, 0.3) is 11.5 Å². The van der Waals surface area contributed by atoms with E-state index in [1.165, 1.54) is 23.6 Å². The van der Waals surface area contributed by atoms with Crippen LogP contribution in [0.5, 0.6) is 5.75 Å². The molecule has 0 saturated carbocycles. The number of rotatable bonds is 7. The molecule has 0 aliphatic carbocycles. The Kier molecular flexibility index (Phi) is 7.10. The van der Waals surface area contributed by atoms with E-state index in [-0.39, 0.29) is 30.3 Å². The number of hydrogen-bond acceptors (Lipinski definition) is 4. The van der Waals surface area contributed by atoms with Crippen molar-refractivity contribution in [2.75, 3.05) is 17.2 Å². The van der Waals surface area contributed by atoms with Crippen molar-refractivity contribution < 1.29 is 14.3 Å². The minimum atomic E-state index is -0.446. The smallest absolute Gasteiger partial charge is 0.272 e. The van der Waals surface area contributed by atoms with E-state index < -0.39 is 5.91 Å². The Morgan fingerprint density at radius 2 is 1.81 bits per heavy atom. The molecule has 2 N–H and O–H groups in total. The van der Waals surface area contributed by atoms with E-state index in [0.29, 0.717) is 22.1 Å². The van der Waals surface area contributed by atoms with Crippen molar-refractivity contribution in [1.82, 2.24) is 4.57 Å². The second-order valence-electron chi connectivity index (χ2n) is 6.84. The largest absolute Gasteiger partial charge is 0.490 e. The summed E-state index contributed by atoms with van der Waals surface area (Å²) in [6.45, 7) is 3.57. The van der Waals surface area contributed by atoms with Crippen LogP contribution >= 0.6 is 11.6 Å². The summed E-state index contributed by atoms with van der Waals surface area (Å²) in [5.41, 5.74) is 1.78. The second kappa shape index (κ2) is 9.95. The molecule has 8 heteroatoms. The highest BCUT2D eigenvalue weighted by Crippen LogP contribution is 2.23. The van der Waals surface area contributed by atoms with Gasteiger partial charge in [0.05, 0.1) is 11.6 Å². The van der Waals surface area contributed by atoms with Crippen LogP contribution in [-0.4, -0.2) is 23.0 Å². The maximum absolute atomic E-state index is 12.9. The van der Waals surface area contributed by atoms with Gasteiger partial charge >= 0.3 is 0 Å². The number of para-hydroxylation sites is 1. The third-order valence-electron chi connectivity index (χ3n) is 4.50. The Morgan fingerprint density at radius 3 is 2.55 bits per heavy atom. The Hall–Kier alpha value is -3.58. The van der Waals surface area contributed by atoms with Crippen LogP contribution in [-0.2, 0) is 11.3 Å². The summed E-state index contributed by atoms with van der Waals surface area (Å²) in [4.78, 5) is 36.6. The van der Waals surface area contributed by atoms with E-state index in [1.807, 2.05) is 6.92 Å². The van der Waals surface area contributed by atoms with Crippen LogP contribution in [0.3, 0.4) is 0 Å². The highest BCUT2D eigenvalue weighted by Gasteiger charge is 2.14. The molecule has 3 aromatic rings. The standard InChI is InChI=1S/C23H22ClN3O4/c1-15-10-11-17(25-16(2)28)14-19(15)26-23(30)20-7-5-9-22(29)27(20)12-13-31-21-8-4-3-6-18(21)24/h3-11,14H,12-13H2,1-2H3,(H,25,28)(H,26,30). The van der Waals surface area contributed by atoms with Crippen molar-refractivity contribution in [3.05, 3.63) is 87.3 Å². The maximum Gasteiger partial charge on any atom is 0.272 e. The summed E-state index contributed by atoms with van der Waals surface area (Å²) in [6.07, 6.45) is 0. The van der Waals surface area contributed by atoms with Crippen LogP contribution < -0.4 is 20.9 Å². The van der Waals surface area contributed by atoms with Gasteiger partial charge in [-0.15, -0.1) is 0 Å². The van der Waals surface area contributed by atoms with E-state index in [9.17, 15) is 14.4 Å². The van der Waals surface area contributed by atoms with Crippen LogP contribution in [0.25, 0.3) is 0 Å². The summed E-state index contributed by atoms with van der Waals surface area (Å²) in [7, 11) is 0. The van der Waals surface area contributed by atoms with Gasteiger partial charge in [-0.3, -0.25) is 14.4 Å². The van der Waals surface area contributed by atoms with Gasteiger partial charge in [0.1, 0.15) is 18.1 Å². The zero-order chi connectivity index (χ0) is 22.4. The zero-order valence-electron chi connectivity index (χ0n) is 17.1.